The Morgan fingerprint density at radius 1 is 1.40 bits per heavy atom. The molecule has 0 aliphatic heterocycles. The van der Waals surface area contributed by atoms with Crippen LogP contribution < -0.4 is 0 Å². The molecule has 1 nitrogen and oxygen atoms in total. The third kappa shape index (κ3) is 2.30. The van der Waals surface area contributed by atoms with Gasteiger partial charge in [-0.25, -0.2) is 0 Å². The Morgan fingerprint density at radius 2 is 2.10 bits per heavy atom. The molecule has 0 saturated heterocycles. The summed E-state index contributed by atoms with van der Waals surface area (Å²) in [5.41, 5.74) is 0. The molecule has 0 aromatic rings. The van der Waals surface area contributed by atoms with Gasteiger partial charge in [-0.05, 0) is 37.5 Å². The van der Waals surface area contributed by atoms with Crippen LogP contribution in [0.25, 0.3) is 0 Å². The molecule has 0 radical (unpaired) electrons. The molecule has 1 aliphatic carbocycles. The molecule has 0 bridgehead atoms. The molecular weight excluding hydrogens is 124 g/mol. The highest BCUT2D eigenvalue weighted by Crippen LogP contribution is 2.35. The van der Waals surface area contributed by atoms with Crippen LogP contribution in [0.3, 0.4) is 0 Å². The van der Waals surface area contributed by atoms with Crippen LogP contribution in [-0.2, 0) is 4.74 Å². The largest absolute Gasteiger partial charge is 0.385 e. The third-order valence-corrected chi connectivity index (χ3v) is 2.43. The summed E-state index contributed by atoms with van der Waals surface area (Å²) < 4.78 is 4.99. The lowest BCUT2D eigenvalue weighted by molar-refractivity contribution is 0.153. The summed E-state index contributed by atoms with van der Waals surface area (Å²) in [6.45, 7) is 3.29. The van der Waals surface area contributed by atoms with Crippen LogP contribution in [0.15, 0.2) is 0 Å². The number of hydrogen-bond acceptors (Lipinski definition) is 1. The topological polar surface area (TPSA) is 9.23 Å². The molecule has 1 rings (SSSR count). The van der Waals surface area contributed by atoms with Crippen molar-refractivity contribution in [3.05, 3.63) is 0 Å². The summed E-state index contributed by atoms with van der Waals surface area (Å²) >= 11 is 0. The highest BCUT2D eigenvalue weighted by molar-refractivity contribution is 4.75. The van der Waals surface area contributed by atoms with E-state index in [4.69, 9.17) is 4.74 Å². The molecule has 0 spiro atoms. The molecule has 1 fully saturated rings. The lowest BCUT2D eigenvalue weighted by atomic mass is 9.74. The van der Waals surface area contributed by atoms with Crippen molar-refractivity contribution >= 4 is 0 Å². The molecule has 0 aromatic carbocycles. The van der Waals surface area contributed by atoms with E-state index in [0.29, 0.717) is 0 Å². The van der Waals surface area contributed by atoms with Gasteiger partial charge in [0.25, 0.3) is 0 Å². The van der Waals surface area contributed by atoms with Crippen LogP contribution in [0.2, 0.25) is 0 Å². The zero-order chi connectivity index (χ0) is 7.40. The summed E-state index contributed by atoms with van der Waals surface area (Å²) in [6, 6.07) is 0. The highest BCUT2D eigenvalue weighted by atomic mass is 16.5. The van der Waals surface area contributed by atoms with Crippen LogP contribution in [0.4, 0.5) is 0 Å². The van der Waals surface area contributed by atoms with Crippen molar-refractivity contribution in [3.63, 3.8) is 0 Å². The van der Waals surface area contributed by atoms with Gasteiger partial charge in [0.1, 0.15) is 0 Å². The minimum absolute atomic E-state index is 0.949. The summed E-state index contributed by atoms with van der Waals surface area (Å²) in [5.74, 6) is 2.04. The smallest absolute Gasteiger partial charge is 0.0462 e. The lowest BCUT2D eigenvalue weighted by Gasteiger charge is -2.32. The van der Waals surface area contributed by atoms with Gasteiger partial charge in [-0.2, -0.15) is 0 Å². The zero-order valence-corrected chi connectivity index (χ0v) is 7.10. The molecule has 0 amide bonds. The van der Waals surface area contributed by atoms with Gasteiger partial charge in [-0.15, -0.1) is 0 Å². The predicted octanol–water partition coefficient (Wildman–Crippen LogP) is 2.46. The maximum Gasteiger partial charge on any atom is 0.0462 e. The minimum atomic E-state index is 0.949. The van der Waals surface area contributed by atoms with E-state index in [1.54, 1.807) is 7.11 Å². The van der Waals surface area contributed by atoms with Gasteiger partial charge in [-0.3, -0.25) is 0 Å². The Morgan fingerprint density at radius 3 is 2.60 bits per heavy atom. The zero-order valence-electron chi connectivity index (χ0n) is 7.10. The van der Waals surface area contributed by atoms with Crippen molar-refractivity contribution in [3.8, 4) is 0 Å². The van der Waals surface area contributed by atoms with Crippen LogP contribution in [0, 0.1) is 11.8 Å². The minimum Gasteiger partial charge on any atom is -0.385 e. The van der Waals surface area contributed by atoms with Gasteiger partial charge >= 0.3 is 0 Å². The van der Waals surface area contributed by atoms with Gasteiger partial charge in [0.15, 0.2) is 0 Å². The Kier molecular flexibility index (Phi) is 3.20. The second-order valence-electron chi connectivity index (χ2n) is 3.58. The first-order valence-corrected chi connectivity index (χ1v) is 4.32. The second kappa shape index (κ2) is 3.97. The number of hydrogen-bond donors (Lipinski definition) is 0. The van der Waals surface area contributed by atoms with E-state index < -0.39 is 0 Å². The van der Waals surface area contributed by atoms with Gasteiger partial charge in [-0.1, -0.05) is 6.92 Å². The first kappa shape index (κ1) is 8.06. The molecule has 0 aromatic heterocycles. The van der Waals surface area contributed by atoms with Crippen molar-refractivity contribution in [2.45, 2.75) is 32.6 Å². The average Bonchev–Trinajstić information content (AvgIpc) is 1.85. The van der Waals surface area contributed by atoms with Crippen molar-refractivity contribution in [1.29, 1.82) is 0 Å². The summed E-state index contributed by atoms with van der Waals surface area (Å²) in [5, 5.41) is 0. The fourth-order valence-corrected chi connectivity index (χ4v) is 1.82. The standard InChI is InChI=1S/C9H18O/c1-8-6-9(7-8)4-3-5-10-2/h8-9H,3-7H2,1-2H3. The summed E-state index contributed by atoms with van der Waals surface area (Å²) in [4.78, 5) is 0. The maximum absolute atomic E-state index is 4.99. The normalized spacial score (nSPS) is 31.8. The highest BCUT2D eigenvalue weighted by Gasteiger charge is 2.24. The summed E-state index contributed by atoms with van der Waals surface area (Å²) in [7, 11) is 1.78. The van der Waals surface area contributed by atoms with E-state index in [2.05, 4.69) is 6.92 Å². The molecular formula is C9H18O. The first-order valence-electron chi connectivity index (χ1n) is 4.32. The van der Waals surface area contributed by atoms with E-state index in [1.807, 2.05) is 0 Å². The molecule has 0 heterocycles. The van der Waals surface area contributed by atoms with Gasteiger partial charge < -0.3 is 4.74 Å². The number of ether oxygens (including phenoxy) is 1. The second-order valence-corrected chi connectivity index (χ2v) is 3.58. The predicted molar refractivity (Wildman–Crippen MR) is 43.0 cm³/mol. The van der Waals surface area contributed by atoms with Gasteiger partial charge in [0, 0.05) is 13.7 Å². The molecule has 1 aliphatic rings. The van der Waals surface area contributed by atoms with Crippen LogP contribution in [0.5, 0.6) is 0 Å². The molecule has 0 atom stereocenters. The van der Waals surface area contributed by atoms with Crippen LogP contribution in [0.1, 0.15) is 32.6 Å². The molecule has 0 unspecified atom stereocenters. The quantitative estimate of drug-likeness (QED) is 0.548. The van der Waals surface area contributed by atoms with E-state index in [0.717, 1.165) is 18.4 Å². The fraction of sp³-hybridized carbons (Fsp3) is 1.00. The lowest BCUT2D eigenvalue weighted by Crippen LogP contribution is -2.20. The Balaban J connectivity index is 1.86. The van der Waals surface area contributed by atoms with E-state index in [1.165, 1.54) is 25.7 Å². The Bertz CT molecular complexity index is 84.7. The molecule has 60 valence electrons. The summed E-state index contributed by atoms with van der Waals surface area (Å²) in [6.07, 6.45) is 5.57. The maximum atomic E-state index is 4.99. The van der Waals surface area contributed by atoms with Crippen molar-refractivity contribution in [2.75, 3.05) is 13.7 Å². The molecule has 10 heavy (non-hydrogen) atoms. The molecule has 1 saturated carbocycles. The number of rotatable bonds is 4. The van der Waals surface area contributed by atoms with Crippen molar-refractivity contribution < 1.29 is 4.74 Å². The van der Waals surface area contributed by atoms with E-state index >= 15 is 0 Å². The van der Waals surface area contributed by atoms with Crippen molar-refractivity contribution in [1.82, 2.24) is 0 Å². The van der Waals surface area contributed by atoms with Crippen LogP contribution >= 0.6 is 0 Å². The Labute approximate surface area is 63.8 Å². The number of methoxy groups -OCH3 is 1. The fourth-order valence-electron chi connectivity index (χ4n) is 1.82. The SMILES string of the molecule is COCCCC1CC(C)C1. The molecule has 1 heteroatoms. The van der Waals surface area contributed by atoms with Crippen molar-refractivity contribution in [2.24, 2.45) is 11.8 Å². The van der Waals surface area contributed by atoms with Gasteiger partial charge in [0.05, 0.1) is 0 Å². The molecule has 0 N–H and O–H groups in total. The van der Waals surface area contributed by atoms with E-state index in [9.17, 15) is 0 Å². The monoisotopic (exact) mass is 142 g/mol. The average molecular weight is 142 g/mol. The van der Waals surface area contributed by atoms with Crippen LogP contribution in [-0.4, -0.2) is 13.7 Å². The van der Waals surface area contributed by atoms with Gasteiger partial charge in [0.2, 0.25) is 0 Å². The first-order chi connectivity index (χ1) is 4.83. The third-order valence-electron chi connectivity index (χ3n) is 2.43. The Hall–Kier alpha value is -0.0400. The van der Waals surface area contributed by atoms with E-state index in [-0.39, 0.29) is 0 Å².